The van der Waals surface area contributed by atoms with E-state index in [-0.39, 0.29) is 34.6 Å². The van der Waals surface area contributed by atoms with Gasteiger partial charge in [-0.3, -0.25) is 9.20 Å². The van der Waals surface area contributed by atoms with Gasteiger partial charge in [0, 0.05) is 41.8 Å². The van der Waals surface area contributed by atoms with Gasteiger partial charge in [0.2, 0.25) is 0 Å². The van der Waals surface area contributed by atoms with Crippen LogP contribution >= 0.6 is 0 Å². The third-order valence-corrected chi connectivity index (χ3v) is 7.27. The maximum atomic E-state index is 13.7. The molecule has 0 saturated heterocycles. The van der Waals surface area contributed by atoms with Crippen LogP contribution in [-0.4, -0.2) is 48.1 Å². The summed E-state index contributed by atoms with van der Waals surface area (Å²) in [4.78, 5) is 49.1. The minimum absolute atomic E-state index is 0.114. The van der Waals surface area contributed by atoms with Crippen molar-refractivity contribution in [3.8, 4) is 17.5 Å². The molecule has 0 bridgehead atoms. The molecule has 0 spiro atoms. The largest absolute Gasteiger partial charge is 0.443 e. The first-order chi connectivity index (χ1) is 23.8. The number of hydrogen-bond acceptors (Lipinski definition) is 7. The van der Waals surface area contributed by atoms with Crippen molar-refractivity contribution in [1.82, 2.24) is 18.9 Å². The number of imide groups is 1. The highest BCUT2D eigenvalue weighted by Crippen LogP contribution is 2.32. The summed E-state index contributed by atoms with van der Waals surface area (Å²) in [5, 5.41) is 0. The van der Waals surface area contributed by atoms with Gasteiger partial charge in [0.1, 0.15) is 22.6 Å². The first kappa shape index (κ1) is 36.4. The van der Waals surface area contributed by atoms with Gasteiger partial charge in [0.15, 0.2) is 11.4 Å². The lowest BCUT2D eigenvalue weighted by atomic mass is 9.97. The van der Waals surface area contributed by atoms with E-state index >= 15 is 0 Å². The number of benzene rings is 2. The van der Waals surface area contributed by atoms with Gasteiger partial charge in [0.05, 0.1) is 18.1 Å². The van der Waals surface area contributed by atoms with Gasteiger partial charge in [-0.1, -0.05) is 18.1 Å². The van der Waals surface area contributed by atoms with Crippen LogP contribution in [-0.2, 0) is 22.1 Å². The van der Waals surface area contributed by atoms with Crippen molar-refractivity contribution in [2.45, 2.75) is 72.3 Å². The summed E-state index contributed by atoms with van der Waals surface area (Å²) in [6.07, 6.45) is 0.730. The summed E-state index contributed by atoms with van der Waals surface area (Å²) in [5.41, 5.74) is 0.0527. The van der Waals surface area contributed by atoms with E-state index in [2.05, 4.69) is 21.8 Å². The highest BCUT2D eigenvalue weighted by atomic mass is 19.4. The minimum Gasteiger partial charge on any atom is -0.443 e. The average molecular weight is 700 g/mol. The minimum atomic E-state index is -4.61. The Morgan fingerprint density at radius 3 is 2.18 bits per heavy atom. The van der Waals surface area contributed by atoms with E-state index in [9.17, 15) is 27.6 Å². The first-order valence-corrected chi connectivity index (χ1v) is 15.9. The topological polar surface area (TPSA) is 108 Å². The number of aromatic nitrogens is 4. The number of imidazole rings is 2. The van der Waals surface area contributed by atoms with Gasteiger partial charge >= 0.3 is 18.4 Å². The van der Waals surface area contributed by atoms with E-state index in [0.717, 1.165) is 22.6 Å². The molecule has 264 valence electrons. The van der Waals surface area contributed by atoms with E-state index < -0.39 is 40.9 Å². The zero-order valence-electron chi connectivity index (χ0n) is 29.1. The third kappa shape index (κ3) is 8.83. The average Bonchev–Trinajstić information content (AvgIpc) is 3.70. The van der Waals surface area contributed by atoms with Gasteiger partial charge in [-0.05, 0) is 102 Å². The maximum Gasteiger partial charge on any atom is 0.424 e. The van der Waals surface area contributed by atoms with Crippen molar-refractivity contribution in [3.63, 3.8) is 0 Å². The molecular formula is C38H36F3N5O5. The number of halogens is 3. The molecule has 0 unspecified atom stereocenters. The second-order valence-electron chi connectivity index (χ2n) is 13.8. The van der Waals surface area contributed by atoms with Crippen LogP contribution in [0.5, 0.6) is 0 Å². The lowest BCUT2D eigenvalue weighted by Gasteiger charge is -2.28. The smallest absolute Gasteiger partial charge is 0.424 e. The number of carbonyl (C=O) groups excluding carboxylic acids is 3. The summed E-state index contributed by atoms with van der Waals surface area (Å²) in [6.45, 7) is 11.9. The van der Waals surface area contributed by atoms with Gasteiger partial charge in [-0.15, -0.1) is 0 Å². The Bertz CT molecular complexity index is 2150. The number of carbonyl (C=O) groups is 3. The number of nitrogens with zero attached hydrogens (tertiary/aromatic N) is 5. The molecule has 10 nitrogen and oxygen atoms in total. The van der Waals surface area contributed by atoms with Crippen LogP contribution in [0.2, 0.25) is 0 Å². The second kappa shape index (κ2) is 13.8. The van der Waals surface area contributed by atoms with Crippen molar-refractivity contribution < 1.29 is 37.0 Å². The van der Waals surface area contributed by atoms with Crippen LogP contribution in [0.15, 0.2) is 79.6 Å². The van der Waals surface area contributed by atoms with Crippen molar-refractivity contribution >= 4 is 29.3 Å². The van der Waals surface area contributed by atoms with E-state index in [4.69, 9.17) is 9.47 Å². The molecule has 0 N–H and O–H groups in total. The fourth-order valence-electron chi connectivity index (χ4n) is 5.00. The number of hydrogen-bond donors (Lipinski definition) is 0. The SMILES string of the molecule is Cc1ccc(C(=O)Cc2cc(-n3ccnc3)cc(C(F)(F)F)c2)cc1C#Cc1cnc2c(N(C(=O)OC(C)(C)C)C(=O)OC(C)(C)C)cccn12. The standard InChI is InChI=1S/C38H36F3N5O5/c1-24-10-11-27(32(47)19-25-17-28(38(39,40)41)21-30(18-25)44-16-14-42-23-44)20-26(24)12-13-29-22-43-33-31(9-8-15-45(29)33)46(34(48)50-36(2,3)4)35(49)51-37(5,6)7/h8-11,14-18,20-23H,19H2,1-7H3. The van der Waals surface area contributed by atoms with Crippen LogP contribution in [0.25, 0.3) is 11.3 Å². The van der Waals surface area contributed by atoms with Crippen LogP contribution in [0.1, 0.15) is 79.8 Å². The molecule has 0 aliphatic carbocycles. The Balaban J connectivity index is 1.46. The molecule has 13 heteroatoms. The number of rotatable bonds is 5. The Morgan fingerprint density at radius 2 is 1.57 bits per heavy atom. The quantitative estimate of drug-likeness (QED) is 0.134. The number of ether oxygens (including phenoxy) is 2. The van der Waals surface area contributed by atoms with E-state index in [0.29, 0.717) is 11.3 Å². The number of amides is 2. The van der Waals surface area contributed by atoms with Crippen molar-refractivity contribution in [2.24, 2.45) is 0 Å². The molecular weight excluding hydrogens is 663 g/mol. The van der Waals surface area contributed by atoms with Crippen molar-refractivity contribution in [3.05, 3.63) is 113 Å². The number of Topliss-reactive ketones (excluding diaryl/α,β-unsaturated/α-hetero) is 1. The zero-order valence-corrected chi connectivity index (χ0v) is 29.1. The molecule has 3 aromatic heterocycles. The van der Waals surface area contributed by atoms with Gasteiger partial charge in [-0.2, -0.15) is 18.1 Å². The fraction of sp³-hybridized carbons (Fsp3) is 0.289. The Morgan fingerprint density at radius 1 is 0.882 bits per heavy atom. The number of pyridine rings is 1. The maximum absolute atomic E-state index is 13.7. The normalized spacial score (nSPS) is 11.9. The molecule has 0 radical (unpaired) electrons. The van der Waals surface area contributed by atoms with E-state index in [1.807, 2.05) is 6.92 Å². The Labute approximate surface area is 292 Å². The van der Waals surface area contributed by atoms with Gasteiger partial charge in [-0.25, -0.2) is 19.6 Å². The summed E-state index contributed by atoms with van der Waals surface area (Å²) >= 11 is 0. The van der Waals surface area contributed by atoms with Gasteiger partial charge in [0.25, 0.3) is 0 Å². The van der Waals surface area contributed by atoms with Gasteiger partial charge < -0.3 is 14.0 Å². The Kier molecular flexibility index (Phi) is 9.83. The molecule has 51 heavy (non-hydrogen) atoms. The van der Waals surface area contributed by atoms with Crippen LogP contribution < -0.4 is 4.90 Å². The summed E-state index contributed by atoms with van der Waals surface area (Å²) in [7, 11) is 0. The number of alkyl halides is 3. The molecule has 2 amide bonds. The summed E-state index contributed by atoms with van der Waals surface area (Å²) < 4.78 is 55.2. The molecule has 0 aliphatic heterocycles. The molecule has 3 heterocycles. The Hall–Kier alpha value is -5.90. The summed E-state index contributed by atoms with van der Waals surface area (Å²) in [5.74, 6) is 5.71. The van der Waals surface area contributed by atoms with Crippen LogP contribution in [0.3, 0.4) is 0 Å². The summed E-state index contributed by atoms with van der Waals surface area (Å²) in [6, 6.07) is 11.6. The monoisotopic (exact) mass is 699 g/mol. The number of anilines is 1. The fourth-order valence-corrected chi connectivity index (χ4v) is 5.00. The predicted molar refractivity (Wildman–Crippen MR) is 184 cm³/mol. The van der Waals surface area contributed by atoms with Crippen LogP contribution in [0, 0.1) is 18.8 Å². The highest BCUT2D eigenvalue weighted by molar-refractivity contribution is 6.12. The second-order valence-corrected chi connectivity index (χ2v) is 13.8. The molecule has 5 aromatic rings. The van der Waals surface area contributed by atoms with Crippen molar-refractivity contribution in [2.75, 3.05) is 4.90 Å². The predicted octanol–water partition coefficient (Wildman–Crippen LogP) is 8.35. The lowest BCUT2D eigenvalue weighted by molar-refractivity contribution is -0.137. The number of fused-ring (bicyclic) bond motifs is 1. The first-order valence-electron chi connectivity index (χ1n) is 15.9. The molecule has 0 aliphatic rings. The molecule has 0 fully saturated rings. The number of aryl methyl sites for hydroxylation is 1. The molecule has 0 saturated carbocycles. The molecule has 2 aromatic carbocycles. The highest BCUT2D eigenvalue weighted by Gasteiger charge is 2.35. The zero-order chi connectivity index (χ0) is 37.3. The number of ketones is 1. The molecule has 5 rings (SSSR count). The van der Waals surface area contributed by atoms with Crippen molar-refractivity contribution in [1.29, 1.82) is 0 Å². The lowest BCUT2D eigenvalue weighted by Crippen LogP contribution is -2.44. The third-order valence-electron chi connectivity index (χ3n) is 7.27. The van der Waals surface area contributed by atoms with E-state index in [1.165, 1.54) is 41.6 Å². The molecule has 0 atom stereocenters. The van der Waals surface area contributed by atoms with Crippen LogP contribution in [0.4, 0.5) is 28.4 Å². The van der Waals surface area contributed by atoms with E-state index in [1.54, 1.807) is 76.4 Å².